The average Bonchev–Trinajstić information content (AvgIpc) is 3.12. The van der Waals surface area contributed by atoms with Crippen LogP contribution in [0.25, 0.3) is 32.5 Å². The van der Waals surface area contributed by atoms with Gasteiger partial charge in [0.1, 0.15) is 5.58 Å². The lowest BCUT2D eigenvalue weighted by atomic mass is 10.0. The molecule has 6 nitrogen and oxygen atoms in total. The molecule has 5 rings (SSSR count). The van der Waals surface area contributed by atoms with Crippen LogP contribution in [0.15, 0.2) is 45.6 Å². The predicted octanol–water partition coefficient (Wildman–Crippen LogP) is 3.85. The second-order valence-electron chi connectivity index (χ2n) is 6.01. The first-order chi connectivity index (χ1) is 12.7. The van der Waals surface area contributed by atoms with Crippen molar-refractivity contribution < 1.29 is 23.4 Å². The van der Waals surface area contributed by atoms with Gasteiger partial charge in [0.15, 0.2) is 23.0 Å². The van der Waals surface area contributed by atoms with Crippen LogP contribution in [0.5, 0.6) is 23.0 Å². The van der Waals surface area contributed by atoms with Crippen molar-refractivity contribution in [2.45, 2.75) is 0 Å². The smallest absolute Gasteiger partial charge is 0.344 e. The van der Waals surface area contributed by atoms with E-state index in [1.54, 1.807) is 19.2 Å². The van der Waals surface area contributed by atoms with E-state index in [0.29, 0.717) is 34.0 Å². The van der Waals surface area contributed by atoms with Crippen molar-refractivity contribution in [1.29, 1.82) is 0 Å². The molecule has 1 aliphatic heterocycles. The summed E-state index contributed by atoms with van der Waals surface area (Å²) in [6.07, 6.45) is 0. The van der Waals surface area contributed by atoms with Crippen molar-refractivity contribution in [3.8, 4) is 23.0 Å². The number of rotatable bonds is 2. The van der Waals surface area contributed by atoms with Gasteiger partial charge in [-0.05, 0) is 35.7 Å². The monoisotopic (exact) mass is 350 g/mol. The predicted molar refractivity (Wildman–Crippen MR) is 96.7 cm³/mol. The maximum atomic E-state index is 12.6. The van der Waals surface area contributed by atoms with Gasteiger partial charge in [0.05, 0.1) is 19.6 Å². The van der Waals surface area contributed by atoms with Crippen LogP contribution in [0.3, 0.4) is 0 Å². The Bertz CT molecular complexity index is 1250. The van der Waals surface area contributed by atoms with Gasteiger partial charge in [-0.15, -0.1) is 0 Å². The van der Waals surface area contributed by atoms with Crippen molar-refractivity contribution in [2.24, 2.45) is 0 Å². The molecule has 0 amide bonds. The number of hydrogen-bond acceptors (Lipinski definition) is 6. The molecule has 0 radical (unpaired) electrons. The van der Waals surface area contributed by atoms with Gasteiger partial charge in [0.25, 0.3) is 0 Å². The Morgan fingerprint density at radius 3 is 2.23 bits per heavy atom. The molecule has 0 atom stereocenters. The second-order valence-corrected chi connectivity index (χ2v) is 6.01. The molecule has 0 saturated heterocycles. The lowest BCUT2D eigenvalue weighted by molar-refractivity contribution is 0.174. The van der Waals surface area contributed by atoms with E-state index in [4.69, 9.17) is 23.4 Å². The first-order valence-electron chi connectivity index (χ1n) is 8.04. The Morgan fingerprint density at radius 2 is 1.50 bits per heavy atom. The number of benzene rings is 3. The quantitative estimate of drug-likeness (QED) is 0.404. The standard InChI is InChI=1S/C20H14O6/c1-22-15-7-13-11-4-3-10-5-17-18(25-9-24-17)6-12(10)19(11)26-20(21)14(13)8-16(15)23-2/h3-8H,9H2,1-2H3. The molecule has 0 bridgehead atoms. The van der Waals surface area contributed by atoms with Crippen molar-refractivity contribution >= 4 is 32.5 Å². The fourth-order valence-corrected chi connectivity index (χ4v) is 3.43. The molecular weight excluding hydrogens is 336 g/mol. The van der Waals surface area contributed by atoms with Crippen molar-refractivity contribution in [2.75, 3.05) is 21.0 Å². The summed E-state index contributed by atoms with van der Waals surface area (Å²) in [6, 6.07) is 11.1. The van der Waals surface area contributed by atoms with E-state index in [1.807, 2.05) is 24.3 Å². The van der Waals surface area contributed by atoms with E-state index >= 15 is 0 Å². The summed E-state index contributed by atoms with van der Waals surface area (Å²) < 4.78 is 27.2. The highest BCUT2D eigenvalue weighted by molar-refractivity contribution is 6.14. The van der Waals surface area contributed by atoms with Crippen molar-refractivity contribution in [3.63, 3.8) is 0 Å². The van der Waals surface area contributed by atoms with Crippen LogP contribution in [0.2, 0.25) is 0 Å². The molecule has 3 aromatic carbocycles. The van der Waals surface area contributed by atoms with E-state index in [1.165, 1.54) is 7.11 Å². The molecule has 1 aliphatic rings. The minimum absolute atomic E-state index is 0.188. The van der Waals surface area contributed by atoms with Crippen LogP contribution in [-0.4, -0.2) is 21.0 Å². The van der Waals surface area contributed by atoms with Crippen LogP contribution < -0.4 is 24.6 Å². The third-order valence-electron chi connectivity index (χ3n) is 4.69. The highest BCUT2D eigenvalue weighted by atomic mass is 16.7. The summed E-state index contributed by atoms with van der Waals surface area (Å²) in [5, 5.41) is 3.70. The molecule has 4 aromatic rings. The van der Waals surface area contributed by atoms with Crippen LogP contribution in [0.4, 0.5) is 0 Å². The van der Waals surface area contributed by atoms with E-state index in [-0.39, 0.29) is 6.79 Å². The zero-order valence-corrected chi connectivity index (χ0v) is 14.1. The van der Waals surface area contributed by atoms with Gasteiger partial charge in [-0.25, -0.2) is 4.79 Å². The molecular formula is C20H14O6. The van der Waals surface area contributed by atoms with E-state index in [0.717, 1.165) is 21.5 Å². The lowest BCUT2D eigenvalue weighted by Gasteiger charge is -2.11. The second kappa shape index (κ2) is 5.29. The molecule has 0 unspecified atom stereocenters. The molecule has 0 saturated carbocycles. The van der Waals surface area contributed by atoms with Gasteiger partial charge in [-0.1, -0.05) is 6.07 Å². The zero-order chi connectivity index (χ0) is 17.8. The fraction of sp³-hybridized carbons (Fsp3) is 0.150. The molecule has 130 valence electrons. The zero-order valence-electron chi connectivity index (χ0n) is 14.1. The molecule has 0 spiro atoms. The first kappa shape index (κ1) is 14.9. The third kappa shape index (κ3) is 1.95. The molecule has 26 heavy (non-hydrogen) atoms. The number of ether oxygens (including phenoxy) is 4. The van der Waals surface area contributed by atoms with E-state index in [2.05, 4.69) is 0 Å². The van der Waals surface area contributed by atoms with Gasteiger partial charge in [0, 0.05) is 16.2 Å². The molecule has 1 aromatic heterocycles. The third-order valence-corrected chi connectivity index (χ3v) is 4.69. The van der Waals surface area contributed by atoms with Crippen LogP contribution in [-0.2, 0) is 0 Å². The summed E-state index contributed by atoms with van der Waals surface area (Å²) in [6.45, 7) is 0.188. The maximum absolute atomic E-state index is 12.6. The Balaban J connectivity index is 1.94. The maximum Gasteiger partial charge on any atom is 0.344 e. The minimum Gasteiger partial charge on any atom is -0.493 e. The van der Waals surface area contributed by atoms with Gasteiger partial charge < -0.3 is 23.4 Å². The minimum atomic E-state index is -0.432. The van der Waals surface area contributed by atoms with Crippen molar-refractivity contribution in [1.82, 2.24) is 0 Å². The summed E-state index contributed by atoms with van der Waals surface area (Å²) in [7, 11) is 3.09. The number of fused-ring (bicyclic) bond motifs is 6. The van der Waals surface area contributed by atoms with Gasteiger partial charge >= 0.3 is 5.63 Å². The highest BCUT2D eigenvalue weighted by Gasteiger charge is 2.18. The Morgan fingerprint density at radius 1 is 0.808 bits per heavy atom. The summed E-state index contributed by atoms with van der Waals surface area (Å²) in [5.74, 6) is 2.36. The molecule has 0 fully saturated rings. The summed E-state index contributed by atoms with van der Waals surface area (Å²) in [5.41, 5.74) is 0.0733. The van der Waals surface area contributed by atoms with E-state index in [9.17, 15) is 4.79 Å². The molecule has 2 heterocycles. The van der Waals surface area contributed by atoms with Crippen LogP contribution in [0, 0.1) is 0 Å². The lowest BCUT2D eigenvalue weighted by Crippen LogP contribution is -2.02. The number of methoxy groups -OCH3 is 2. The Kier molecular flexibility index (Phi) is 3.03. The molecule has 0 N–H and O–H groups in total. The van der Waals surface area contributed by atoms with Gasteiger partial charge in [-0.3, -0.25) is 0 Å². The largest absolute Gasteiger partial charge is 0.493 e. The number of hydrogen-bond donors (Lipinski definition) is 0. The summed E-state index contributed by atoms with van der Waals surface area (Å²) in [4.78, 5) is 12.6. The van der Waals surface area contributed by atoms with Crippen molar-refractivity contribution in [3.05, 3.63) is 46.8 Å². The van der Waals surface area contributed by atoms with Gasteiger partial charge in [-0.2, -0.15) is 0 Å². The van der Waals surface area contributed by atoms with Gasteiger partial charge in [0.2, 0.25) is 6.79 Å². The molecule has 0 aliphatic carbocycles. The SMILES string of the molecule is COc1cc2c(=O)oc3c4cc5c(cc4ccc3c2cc1OC)OCO5. The van der Waals surface area contributed by atoms with Crippen LogP contribution >= 0.6 is 0 Å². The normalized spacial score (nSPS) is 12.8. The Labute approximate surface area is 147 Å². The fourth-order valence-electron chi connectivity index (χ4n) is 3.43. The Hall–Kier alpha value is -3.41. The van der Waals surface area contributed by atoms with Crippen LogP contribution in [0.1, 0.15) is 0 Å². The summed E-state index contributed by atoms with van der Waals surface area (Å²) >= 11 is 0. The first-order valence-corrected chi connectivity index (χ1v) is 8.04. The molecule has 6 heteroatoms. The highest BCUT2D eigenvalue weighted by Crippen LogP contribution is 2.40. The van der Waals surface area contributed by atoms with E-state index < -0.39 is 5.63 Å². The topological polar surface area (TPSA) is 67.1 Å². The average molecular weight is 350 g/mol.